The van der Waals surface area contributed by atoms with Crippen molar-refractivity contribution in [2.75, 3.05) is 17.3 Å². The van der Waals surface area contributed by atoms with Gasteiger partial charge in [-0.1, -0.05) is 0 Å². The summed E-state index contributed by atoms with van der Waals surface area (Å²) in [7, 11) is 0. The molecule has 0 saturated heterocycles. The van der Waals surface area contributed by atoms with Crippen LogP contribution >= 0.6 is 11.8 Å². The molecule has 1 saturated carbocycles. The van der Waals surface area contributed by atoms with E-state index >= 15 is 0 Å². The van der Waals surface area contributed by atoms with E-state index in [2.05, 4.69) is 16.7 Å². The molecule has 2 rings (SSSR count). The minimum atomic E-state index is -0.00764. The van der Waals surface area contributed by atoms with E-state index < -0.39 is 0 Å². The zero-order valence-electron chi connectivity index (χ0n) is 9.48. The van der Waals surface area contributed by atoms with Crippen LogP contribution in [0.15, 0.2) is 17.1 Å². The van der Waals surface area contributed by atoms with Crippen LogP contribution in [0.2, 0.25) is 0 Å². The van der Waals surface area contributed by atoms with Gasteiger partial charge >= 0.3 is 0 Å². The van der Waals surface area contributed by atoms with Crippen molar-refractivity contribution < 1.29 is 0 Å². The molecule has 1 aliphatic carbocycles. The molecule has 0 aromatic carbocycles. The quantitative estimate of drug-likeness (QED) is 0.766. The highest BCUT2D eigenvalue weighted by atomic mass is 32.2. The maximum Gasteiger partial charge on any atom is 0.268 e. The molecule has 1 aromatic heterocycles. The summed E-state index contributed by atoms with van der Waals surface area (Å²) in [6, 6.07) is 2.21. The summed E-state index contributed by atoms with van der Waals surface area (Å²) in [5, 5.41) is 7.43. The lowest BCUT2D eigenvalue weighted by Gasteiger charge is -2.06. The Morgan fingerprint density at radius 3 is 3.06 bits per heavy atom. The van der Waals surface area contributed by atoms with Crippen molar-refractivity contribution in [1.29, 1.82) is 0 Å². The Hall–Kier alpha value is -0.970. The Kier molecular flexibility index (Phi) is 3.88. The first-order valence-electron chi connectivity index (χ1n) is 5.62. The molecule has 1 fully saturated rings. The Morgan fingerprint density at radius 2 is 2.44 bits per heavy atom. The normalized spacial score (nSPS) is 15.1. The van der Waals surface area contributed by atoms with Crippen LogP contribution in [-0.2, 0) is 6.54 Å². The summed E-state index contributed by atoms with van der Waals surface area (Å²) < 4.78 is 1.54. The van der Waals surface area contributed by atoms with E-state index in [4.69, 9.17) is 0 Å². The van der Waals surface area contributed by atoms with E-state index in [9.17, 15) is 4.79 Å². The number of anilines is 1. The highest BCUT2D eigenvalue weighted by Gasteiger charge is 2.20. The lowest BCUT2D eigenvalue weighted by atomic mass is 10.4. The van der Waals surface area contributed by atoms with Crippen LogP contribution in [-0.4, -0.2) is 27.8 Å². The minimum Gasteiger partial charge on any atom is -0.381 e. The zero-order valence-corrected chi connectivity index (χ0v) is 10.3. The van der Waals surface area contributed by atoms with E-state index in [-0.39, 0.29) is 5.56 Å². The van der Waals surface area contributed by atoms with E-state index in [0.717, 1.165) is 17.9 Å². The first kappa shape index (κ1) is 11.5. The van der Waals surface area contributed by atoms with Gasteiger partial charge in [-0.05, 0) is 31.3 Å². The molecule has 1 N–H and O–H groups in total. The van der Waals surface area contributed by atoms with Crippen LogP contribution < -0.4 is 10.9 Å². The van der Waals surface area contributed by atoms with Crippen LogP contribution in [0.1, 0.15) is 19.3 Å². The van der Waals surface area contributed by atoms with Crippen molar-refractivity contribution in [2.45, 2.75) is 31.8 Å². The van der Waals surface area contributed by atoms with Crippen molar-refractivity contribution in [1.82, 2.24) is 9.78 Å². The van der Waals surface area contributed by atoms with Gasteiger partial charge in [0, 0.05) is 18.7 Å². The van der Waals surface area contributed by atoms with Gasteiger partial charge in [0.2, 0.25) is 0 Å². The molecule has 0 amide bonds. The smallest absolute Gasteiger partial charge is 0.268 e. The number of thioether (sulfide) groups is 1. The van der Waals surface area contributed by atoms with Crippen LogP contribution in [0.4, 0.5) is 5.69 Å². The van der Waals surface area contributed by atoms with Crippen LogP contribution in [0.25, 0.3) is 0 Å². The van der Waals surface area contributed by atoms with E-state index in [1.165, 1.54) is 17.5 Å². The molecule has 0 unspecified atom stereocenters. The van der Waals surface area contributed by atoms with Crippen molar-refractivity contribution in [3.8, 4) is 0 Å². The molecule has 16 heavy (non-hydrogen) atoms. The fraction of sp³-hybridized carbons (Fsp3) is 0.636. The molecule has 1 aromatic rings. The SMILES string of the molecule is CSCCCn1ncc(NC2CC2)cc1=O. The van der Waals surface area contributed by atoms with Gasteiger partial charge in [0.05, 0.1) is 11.9 Å². The maximum atomic E-state index is 11.7. The fourth-order valence-electron chi connectivity index (χ4n) is 1.50. The predicted octanol–water partition coefficient (Wildman–Crippen LogP) is 1.57. The molecular formula is C11H17N3OS. The van der Waals surface area contributed by atoms with Crippen molar-refractivity contribution >= 4 is 17.4 Å². The van der Waals surface area contributed by atoms with Crippen LogP contribution in [0.3, 0.4) is 0 Å². The summed E-state index contributed by atoms with van der Waals surface area (Å²) in [6.45, 7) is 0.712. The van der Waals surface area contributed by atoms with Gasteiger partial charge in [-0.25, -0.2) is 4.68 Å². The second kappa shape index (κ2) is 5.39. The van der Waals surface area contributed by atoms with Crippen molar-refractivity contribution in [3.63, 3.8) is 0 Å². The average Bonchev–Trinajstić information content (AvgIpc) is 3.05. The summed E-state index contributed by atoms with van der Waals surface area (Å²) in [5.41, 5.74) is 0.848. The molecule has 1 aliphatic rings. The van der Waals surface area contributed by atoms with E-state index in [1.54, 1.807) is 24.0 Å². The Labute approximate surface area is 99.4 Å². The number of hydrogen-bond donors (Lipinski definition) is 1. The number of aromatic nitrogens is 2. The Balaban J connectivity index is 1.95. The molecule has 0 radical (unpaired) electrons. The monoisotopic (exact) mass is 239 g/mol. The minimum absolute atomic E-state index is 0.00764. The predicted molar refractivity (Wildman–Crippen MR) is 68.1 cm³/mol. The van der Waals surface area contributed by atoms with E-state index in [0.29, 0.717) is 12.6 Å². The summed E-state index contributed by atoms with van der Waals surface area (Å²) in [5.74, 6) is 1.07. The molecule has 0 bridgehead atoms. The van der Waals surface area contributed by atoms with Gasteiger partial charge in [0.25, 0.3) is 5.56 Å². The highest BCUT2D eigenvalue weighted by molar-refractivity contribution is 7.98. The summed E-state index contributed by atoms with van der Waals surface area (Å²) in [6.07, 6.45) is 7.22. The van der Waals surface area contributed by atoms with Crippen LogP contribution in [0.5, 0.6) is 0 Å². The summed E-state index contributed by atoms with van der Waals surface area (Å²) >= 11 is 1.79. The summed E-state index contributed by atoms with van der Waals surface area (Å²) in [4.78, 5) is 11.7. The van der Waals surface area contributed by atoms with Gasteiger partial charge in [-0.2, -0.15) is 16.9 Å². The van der Waals surface area contributed by atoms with Crippen molar-refractivity contribution in [2.24, 2.45) is 0 Å². The molecule has 0 aliphatic heterocycles. The number of nitrogens with zero attached hydrogens (tertiary/aromatic N) is 2. The first-order valence-corrected chi connectivity index (χ1v) is 7.01. The van der Waals surface area contributed by atoms with Gasteiger partial charge in [-0.3, -0.25) is 4.79 Å². The molecule has 0 atom stereocenters. The maximum absolute atomic E-state index is 11.7. The number of hydrogen-bond acceptors (Lipinski definition) is 4. The second-order valence-corrected chi connectivity index (χ2v) is 5.06. The third kappa shape index (κ3) is 3.27. The lowest BCUT2D eigenvalue weighted by molar-refractivity contribution is 0.571. The average molecular weight is 239 g/mol. The topological polar surface area (TPSA) is 46.9 Å². The highest BCUT2D eigenvalue weighted by Crippen LogP contribution is 2.23. The zero-order chi connectivity index (χ0) is 11.4. The number of nitrogens with one attached hydrogen (secondary N) is 1. The largest absolute Gasteiger partial charge is 0.381 e. The Bertz CT molecular complexity index is 400. The van der Waals surface area contributed by atoms with E-state index in [1.807, 2.05) is 0 Å². The van der Waals surface area contributed by atoms with Crippen LogP contribution in [0, 0.1) is 0 Å². The number of aryl methyl sites for hydroxylation is 1. The molecule has 4 nitrogen and oxygen atoms in total. The fourth-order valence-corrected chi connectivity index (χ4v) is 1.92. The van der Waals surface area contributed by atoms with Gasteiger partial charge < -0.3 is 5.32 Å². The number of rotatable bonds is 6. The first-order chi connectivity index (χ1) is 7.79. The van der Waals surface area contributed by atoms with Gasteiger partial charge in [0.15, 0.2) is 0 Å². The van der Waals surface area contributed by atoms with Gasteiger partial charge in [0.1, 0.15) is 0 Å². The molecule has 5 heteroatoms. The molecule has 0 spiro atoms. The molecular weight excluding hydrogens is 222 g/mol. The van der Waals surface area contributed by atoms with Crippen molar-refractivity contribution in [3.05, 3.63) is 22.6 Å². The third-order valence-corrected chi connectivity index (χ3v) is 3.23. The third-order valence-electron chi connectivity index (χ3n) is 2.54. The Morgan fingerprint density at radius 1 is 1.62 bits per heavy atom. The lowest BCUT2D eigenvalue weighted by Crippen LogP contribution is -2.23. The standard InChI is InChI=1S/C11H17N3OS/c1-16-6-2-5-14-11(15)7-10(8-12-14)13-9-3-4-9/h7-9,13H,2-6H2,1H3. The molecule has 88 valence electrons. The second-order valence-electron chi connectivity index (χ2n) is 4.07. The molecule has 1 heterocycles. The van der Waals surface area contributed by atoms with Gasteiger partial charge in [-0.15, -0.1) is 0 Å².